The van der Waals surface area contributed by atoms with E-state index in [2.05, 4.69) is 15.5 Å². The van der Waals surface area contributed by atoms with Crippen LogP contribution in [0.15, 0.2) is 36.9 Å². The van der Waals surface area contributed by atoms with Gasteiger partial charge in [0.05, 0.1) is 0 Å². The van der Waals surface area contributed by atoms with Crippen molar-refractivity contribution in [2.24, 2.45) is 5.41 Å². The fourth-order valence-corrected chi connectivity index (χ4v) is 3.78. The standard InChI is InChI=1S/C17H21N5O/c23-16(21-9-7-17(11-21)6-1-8-18-10-17)14-2-4-15(5-3-14)22-12-19-20-13-22/h2-5,12-13,18H,1,6-11H2/t17-/m1/s1. The number of benzene rings is 1. The van der Waals surface area contributed by atoms with Crippen LogP contribution >= 0.6 is 0 Å². The van der Waals surface area contributed by atoms with Crippen molar-refractivity contribution in [3.05, 3.63) is 42.5 Å². The molecule has 6 heteroatoms. The second kappa shape index (κ2) is 5.77. The predicted octanol–water partition coefficient (Wildman–Crippen LogP) is 1.48. The van der Waals surface area contributed by atoms with Crippen LogP contribution in [0.5, 0.6) is 0 Å². The maximum absolute atomic E-state index is 12.7. The summed E-state index contributed by atoms with van der Waals surface area (Å²) >= 11 is 0. The molecule has 4 rings (SSSR count). The first kappa shape index (κ1) is 14.4. The monoisotopic (exact) mass is 311 g/mol. The molecule has 2 saturated heterocycles. The first-order valence-corrected chi connectivity index (χ1v) is 8.21. The molecule has 0 saturated carbocycles. The number of hydrogen-bond donors (Lipinski definition) is 1. The summed E-state index contributed by atoms with van der Waals surface area (Å²) < 4.78 is 1.83. The Morgan fingerprint density at radius 3 is 2.61 bits per heavy atom. The molecule has 2 aromatic rings. The van der Waals surface area contributed by atoms with Crippen LogP contribution in [0.4, 0.5) is 0 Å². The maximum atomic E-state index is 12.7. The van der Waals surface area contributed by atoms with Gasteiger partial charge in [-0.2, -0.15) is 0 Å². The Morgan fingerprint density at radius 1 is 1.13 bits per heavy atom. The SMILES string of the molecule is O=C(c1ccc(-n2cnnc2)cc1)N1CC[C@@]2(CCCNC2)C1. The lowest BCUT2D eigenvalue weighted by molar-refractivity contribution is 0.0764. The molecule has 120 valence electrons. The number of likely N-dealkylation sites (tertiary alicyclic amines) is 1. The lowest BCUT2D eigenvalue weighted by Crippen LogP contribution is -2.42. The van der Waals surface area contributed by atoms with E-state index in [9.17, 15) is 4.79 Å². The zero-order valence-electron chi connectivity index (χ0n) is 13.1. The van der Waals surface area contributed by atoms with E-state index in [1.165, 1.54) is 12.8 Å². The van der Waals surface area contributed by atoms with E-state index in [0.29, 0.717) is 5.41 Å². The van der Waals surface area contributed by atoms with Gasteiger partial charge >= 0.3 is 0 Å². The molecule has 0 radical (unpaired) electrons. The molecule has 0 bridgehead atoms. The van der Waals surface area contributed by atoms with Crippen molar-refractivity contribution in [3.63, 3.8) is 0 Å². The molecule has 23 heavy (non-hydrogen) atoms. The van der Waals surface area contributed by atoms with E-state index < -0.39 is 0 Å². The van der Waals surface area contributed by atoms with Gasteiger partial charge in [-0.3, -0.25) is 9.36 Å². The third kappa shape index (κ3) is 2.74. The highest BCUT2D eigenvalue weighted by atomic mass is 16.2. The number of hydrogen-bond acceptors (Lipinski definition) is 4. The lowest BCUT2D eigenvalue weighted by Gasteiger charge is -2.33. The summed E-state index contributed by atoms with van der Waals surface area (Å²) in [6.07, 6.45) is 6.87. The minimum absolute atomic E-state index is 0.141. The van der Waals surface area contributed by atoms with Crippen LogP contribution in [0, 0.1) is 5.41 Å². The van der Waals surface area contributed by atoms with Crippen molar-refractivity contribution >= 4 is 5.91 Å². The summed E-state index contributed by atoms with van der Waals surface area (Å²) in [5, 5.41) is 11.1. The van der Waals surface area contributed by atoms with E-state index in [0.717, 1.165) is 43.9 Å². The Morgan fingerprint density at radius 2 is 1.91 bits per heavy atom. The van der Waals surface area contributed by atoms with Gasteiger partial charge in [0.15, 0.2) is 0 Å². The van der Waals surface area contributed by atoms with Gasteiger partial charge in [-0.05, 0) is 50.1 Å². The summed E-state index contributed by atoms with van der Waals surface area (Å²) in [4.78, 5) is 14.8. The summed E-state index contributed by atoms with van der Waals surface area (Å²) in [5.41, 5.74) is 2.01. The predicted molar refractivity (Wildman–Crippen MR) is 86.4 cm³/mol. The molecule has 3 heterocycles. The molecule has 1 amide bonds. The summed E-state index contributed by atoms with van der Waals surface area (Å²) in [7, 11) is 0. The third-order valence-corrected chi connectivity index (χ3v) is 5.12. The van der Waals surface area contributed by atoms with Crippen LogP contribution in [0.3, 0.4) is 0 Å². The molecular weight excluding hydrogens is 290 g/mol. The Bertz CT molecular complexity index is 674. The van der Waals surface area contributed by atoms with E-state index in [4.69, 9.17) is 0 Å². The molecule has 1 N–H and O–H groups in total. The van der Waals surface area contributed by atoms with Crippen molar-refractivity contribution in [1.82, 2.24) is 25.0 Å². The molecule has 1 atom stereocenters. The first-order chi connectivity index (χ1) is 11.3. The van der Waals surface area contributed by atoms with E-state index in [-0.39, 0.29) is 5.91 Å². The van der Waals surface area contributed by atoms with Crippen molar-refractivity contribution in [2.75, 3.05) is 26.2 Å². The average molecular weight is 311 g/mol. The Labute approximate surface area is 135 Å². The average Bonchev–Trinajstić information content (AvgIpc) is 3.26. The van der Waals surface area contributed by atoms with Crippen LogP contribution in [0.2, 0.25) is 0 Å². The minimum Gasteiger partial charge on any atom is -0.338 e. The van der Waals surface area contributed by atoms with E-state index >= 15 is 0 Å². The van der Waals surface area contributed by atoms with Crippen LogP contribution in [0.1, 0.15) is 29.6 Å². The fraction of sp³-hybridized carbons (Fsp3) is 0.471. The number of nitrogens with one attached hydrogen (secondary N) is 1. The first-order valence-electron chi connectivity index (χ1n) is 8.21. The zero-order chi connectivity index (χ0) is 15.7. The van der Waals surface area contributed by atoms with Crippen molar-refractivity contribution in [1.29, 1.82) is 0 Å². The second-order valence-corrected chi connectivity index (χ2v) is 6.67. The summed E-state index contributed by atoms with van der Waals surface area (Å²) in [6.45, 7) is 3.91. The summed E-state index contributed by atoms with van der Waals surface area (Å²) in [6, 6.07) is 7.65. The fourth-order valence-electron chi connectivity index (χ4n) is 3.78. The molecule has 0 aliphatic carbocycles. The molecular formula is C17H21N5O. The van der Waals surface area contributed by atoms with E-state index in [1.807, 2.05) is 33.7 Å². The highest BCUT2D eigenvalue weighted by Crippen LogP contribution is 2.36. The molecule has 2 aliphatic rings. The number of carbonyl (C=O) groups is 1. The smallest absolute Gasteiger partial charge is 0.253 e. The van der Waals surface area contributed by atoms with Crippen LogP contribution in [-0.4, -0.2) is 51.8 Å². The Hall–Kier alpha value is -2.21. The third-order valence-electron chi connectivity index (χ3n) is 5.12. The van der Waals surface area contributed by atoms with E-state index in [1.54, 1.807) is 12.7 Å². The van der Waals surface area contributed by atoms with Crippen molar-refractivity contribution < 1.29 is 4.79 Å². The molecule has 1 aromatic heterocycles. The lowest BCUT2D eigenvalue weighted by atomic mass is 9.80. The normalized spacial score (nSPS) is 24.3. The molecule has 0 unspecified atom stereocenters. The van der Waals surface area contributed by atoms with Gasteiger partial charge in [0.25, 0.3) is 5.91 Å². The summed E-state index contributed by atoms with van der Waals surface area (Å²) in [5.74, 6) is 0.141. The highest BCUT2D eigenvalue weighted by Gasteiger charge is 2.40. The second-order valence-electron chi connectivity index (χ2n) is 6.67. The number of amides is 1. The number of carbonyl (C=O) groups excluding carboxylic acids is 1. The molecule has 2 aliphatic heterocycles. The molecule has 1 spiro atoms. The number of rotatable bonds is 2. The maximum Gasteiger partial charge on any atom is 0.253 e. The van der Waals surface area contributed by atoms with Gasteiger partial charge in [-0.1, -0.05) is 0 Å². The van der Waals surface area contributed by atoms with Gasteiger partial charge in [0, 0.05) is 36.3 Å². The van der Waals surface area contributed by atoms with Gasteiger partial charge in [-0.15, -0.1) is 10.2 Å². The molecule has 1 aromatic carbocycles. The van der Waals surface area contributed by atoms with Gasteiger partial charge in [0.2, 0.25) is 0 Å². The van der Waals surface area contributed by atoms with Gasteiger partial charge in [0.1, 0.15) is 12.7 Å². The zero-order valence-corrected chi connectivity index (χ0v) is 13.1. The number of nitrogens with zero attached hydrogens (tertiary/aromatic N) is 4. The van der Waals surface area contributed by atoms with Gasteiger partial charge < -0.3 is 10.2 Å². The topological polar surface area (TPSA) is 63.1 Å². The Kier molecular flexibility index (Phi) is 3.61. The number of piperidine rings is 1. The quantitative estimate of drug-likeness (QED) is 0.912. The Balaban J connectivity index is 1.47. The van der Waals surface area contributed by atoms with Crippen LogP contribution < -0.4 is 5.32 Å². The van der Waals surface area contributed by atoms with Crippen molar-refractivity contribution in [3.8, 4) is 5.69 Å². The van der Waals surface area contributed by atoms with Crippen molar-refractivity contribution in [2.45, 2.75) is 19.3 Å². The number of aromatic nitrogens is 3. The van der Waals surface area contributed by atoms with Crippen LogP contribution in [0.25, 0.3) is 5.69 Å². The van der Waals surface area contributed by atoms with Gasteiger partial charge in [-0.25, -0.2) is 0 Å². The van der Waals surface area contributed by atoms with Crippen LogP contribution in [-0.2, 0) is 0 Å². The highest BCUT2D eigenvalue weighted by molar-refractivity contribution is 5.94. The molecule has 6 nitrogen and oxygen atoms in total. The molecule has 2 fully saturated rings. The minimum atomic E-state index is 0.141. The largest absolute Gasteiger partial charge is 0.338 e.